The molecule has 0 fully saturated rings. The third kappa shape index (κ3) is 7.08. The Labute approximate surface area is 302 Å². The Bertz CT molecular complexity index is 1800. The van der Waals surface area contributed by atoms with E-state index < -0.39 is 32.3 Å². The lowest BCUT2D eigenvalue weighted by atomic mass is 9.75. The van der Waals surface area contributed by atoms with E-state index in [2.05, 4.69) is 177 Å². The van der Waals surface area contributed by atoms with Gasteiger partial charge in [0, 0.05) is 5.41 Å². The Balaban J connectivity index is 1.41. The molecule has 49 heavy (non-hydrogen) atoms. The van der Waals surface area contributed by atoms with Gasteiger partial charge in [-0.1, -0.05) is 209 Å². The maximum absolute atomic E-state index is 2.57. The fraction of sp³-hybridized carbons (Fsp3) is 0.378. The second-order valence-corrected chi connectivity index (χ2v) is 40.0. The van der Waals surface area contributed by atoms with Crippen molar-refractivity contribution < 1.29 is 0 Å². The molecule has 0 heterocycles. The van der Waals surface area contributed by atoms with Crippen LogP contribution in [-0.4, -0.2) is 32.3 Å². The predicted molar refractivity (Wildman–Crippen MR) is 233 cm³/mol. The zero-order valence-corrected chi connectivity index (χ0v) is 37.0. The van der Waals surface area contributed by atoms with E-state index in [9.17, 15) is 0 Å². The zero-order chi connectivity index (χ0) is 35.9. The van der Waals surface area contributed by atoms with Gasteiger partial charge in [0.2, 0.25) is 0 Å². The highest BCUT2D eigenvalue weighted by Crippen LogP contribution is 2.48. The van der Waals surface area contributed by atoms with E-state index in [1.54, 1.807) is 31.9 Å². The Morgan fingerprint density at radius 1 is 0.429 bits per heavy atom. The van der Waals surface area contributed by atoms with Gasteiger partial charge < -0.3 is 0 Å². The molecule has 0 spiro atoms. The third-order valence-electron chi connectivity index (χ3n) is 11.3. The average molecular weight is 713 g/mol. The van der Waals surface area contributed by atoms with E-state index >= 15 is 0 Å². The van der Waals surface area contributed by atoms with E-state index in [0.29, 0.717) is 0 Å². The van der Waals surface area contributed by atoms with Crippen molar-refractivity contribution in [2.24, 2.45) is 5.41 Å². The molecule has 0 saturated heterocycles. The Kier molecular flexibility index (Phi) is 8.96. The van der Waals surface area contributed by atoms with Crippen LogP contribution < -0.4 is 20.7 Å². The molecule has 0 saturated carbocycles. The number of rotatable bonds is 8. The molecular weight excluding hydrogens is 653 g/mol. The van der Waals surface area contributed by atoms with Crippen molar-refractivity contribution in [1.82, 2.24) is 0 Å². The molecule has 256 valence electrons. The van der Waals surface area contributed by atoms with Crippen LogP contribution in [0.5, 0.6) is 0 Å². The Morgan fingerprint density at radius 2 is 0.735 bits per heavy atom. The summed E-state index contributed by atoms with van der Waals surface area (Å²) in [5.41, 5.74) is 14.6. The summed E-state index contributed by atoms with van der Waals surface area (Å²) in [4.78, 5) is 0. The van der Waals surface area contributed by atoms with Crippen LogP contribution in [0.2, 0.25) is 78.6 Å². The van der Waals surface area contributed by atoms with Crippen molar-refractivity contribution in [2.45, 2.75) is 105 Å². The van der Waals surface area contributed by atoms with Gasteiger partial charge in [-0.2, -0.15) is 0 Å². The van der Waals surface area contributed by atoms with E-state index in [1.807, 2.05) is 0 Å². The van der Waals surface area contributed by atoms with E-state index in [4.69, 9.17) is 0 Å². The molecule has 0 radical (unpaired) electrons. The van der Waals surface area contributed by atoms with Crippen LogP contribution in [0.3, 0.4) is 0 Å². The first kappa shape index (κ1) is 36.0. The maximum Gasteiger partial charge on any atom is 0.0776 e. The molecule has 0 aromatic heterocycles. The fourth-order valence-corrected chi connectivity index (χ4v) is 12.5. The number of hydrogen-bond acceptors (Lipinski definition) is 0. The molecule has 4 heteroatoms. The summed E-state index contributed by atoms with van der Waals surface area (Å²) >= 11 is 0. The summed E-state index contributed by atoms with van der Waals surface area (Å²) in [5.74, 6) is 0. The van der Waals surface area contributed by atoms with Crippen molar-refractivity contribution in [3.63, 3.8) is 0 Å². The smallest absolute Gasteiger partial charge is 0.0656 e. The first-order valence-electron chi connectivity index (χ1n) is 18.5. The van der Waals surface area contributed by atoms with Crippen molar-refractivity contribution in [1.29, 1.82) is 0 Å². The fourth-order valence-electron chi connectivity index (χ4n) is 7.55. The Morgan fingerprint density at radius 3 is 1.02 bits per heavy atom. The molecule has 0 nitrogen and oxygen atoms in total. The minimum atomic E-state index is -1.48. The van der Waals surface area contributed by atoms with Gasteiger partial charge in [-0.05, 0) is 57.3 Å². The molecule has 0 amide bonds. The minimum absolute atomic E-state index is 0.0279. The second kappa shape index (κ2) is 12.2. The van der Waals surface area contributed by atoms with Crippen LogP contribution in [0.25, 0.3) is 34.4 Å². The lowest BCUT2D eigenvalue weighted by molar-refractivity contribution is 0.526. The average Bonchev–Trinajstić information content (AvgIpc) is 3.65. The van der Waals surface area contributed by atoms with Crippen LogP contribution in [0.15, 0.2) is 83.9 Å². The lowest BCUT2D eigenvalue weighted by Crippen LogP contribution is -2.45. The van der Waals surface area contributed by atoms with Crippen molar-refractivity contribution in [2.75, 3.05) is 0 Å². The van der Waals surface area contributed by atoms with Gasteiger partial charge in [-0.25, -0.2) is 0 Å². The van der Waals surface area contributed by atoms with Crippen LogP contribution >= 0.6 is 0 Å². The molecule has 2 aliphatic carbocycles. The van der Waals surface area contributed by atoms with E-state index in [1.165, 1.54) is 44.5 Å². The zero-order valence-electron chi connectivity index (χ0n) is 33.0. The topological polar surface area (TPSA) is 0 Å². The molecular formula is C45H60Si4. The molecule has 0 atom stereocenters. The summed E-state index contributed by atoms with van der Waals surface area (Å²) in [6.07, 6.45) is 7.21. The second-order valence-electron chi connectivity index (χ2n) is 19.7. The van der Waals surface area contributed by atoms with Crippen molar-refractivity contribution in [3.8, 4) is 22.3 Å². The van der Waals surface area contributed by atoms with Gasteiger partial charge in [0.15, 0.2) is 0 Å². The maximum atomic E-state index is 2.57. The van der Waals surface area contributed by atoms with Crippen LogP contribution in [0.1, 0.15) is 36.1 Å². The summed E-state index contributed by atoms with van der Waals surface area (Å²) < 4.78 is 0. The van der Waals surface area contributed by atoms with Crippen LogP contribution in [-0.2, 0) is 12.8 Å². The quantitative estimate of drug-likeness (QED) is 0.160. The molecule has 0 N–H and O–H groups in total. The summed E-state index contributed by atoms with van der Waals surface area (Å²) in [6, 6.07) is 29.3. The van der Waals surface area contributed by atoms with Gasteiger partial charge >= 0.3 is 0 Å². The Hall–Kier alpha value is -2.77. The largest absolute Gasteiger partial charge is 0.0776 e. The SMILES string of the molecule is CC(C)(C1=Cc2c(cccc2-c2cc([Si](C)(C)C)cc([Si](C)(C)C)c2)C1)C1=Cc2c(cccc2-c2cc([Si](C)(C)C)cc([Si](C)(C)C)c2)C1. The van der Waals surface area contributed by atoms with Crippen molar-refractivity contribution in [3.05, 3.63) is 106 Å². The van der Waals surface area contributed by atoms with Crippen molar-refractivity contribution >= 4 is 65.2 Å². The number of benzene rings is 4. The highest BCUT2D eigenvalue weighted by Gasteiger charge is 2.35. The highest BCUT2D eigenvalue weighted by atomic mass is 28.3. The molecule has 6 rings (SSSR count). The lowest BCUT2D eigenvalue weighted by Gasteiger charge is -2.28. The minimum Gasteiger partial charge on any atom is -0.0656 e. The number of fused-ring (bicyclic) bond motifs is 2. The summed E-state index contributed by atoms with van der Waals surface area (Å²) in [7, 11) is -5.91. The molecule has 0 aliphatic heterocycles. The van der Waals surface area contributed by atoms with Crippen LogP contribution in [0.4, 0.5) is 0 Å². The van der Waals surface area contributed by atoms with Gasteiger partial charge in [0.25, 0.3) is 0 Å². The van der Waals surface area contributed by atoms with E-state index in [-0.39, 0.29) is 5.41 Å². The molecule has 4 aromatic carbocycles. The van der Waals surface area contributed by atoms with E-state index in [0.717, 1.165) is 12.8 Å². The normalized spacial score (nSPS) is 15.2. The van der Waals surface area contributed by atoms with Gasteiger partial charge in [-0.3, -0.25) is 0 Å². The summed E-state index contributed by atoms with van der Waals surface area (Å²) in [5, 5.41) is 6.33. The van der Waals surface area contributed by atoms with Crippen LogP contribution in [0, 0.1) is 5.41 Å². The first-order valence-corrected chi connectivity index (χ1v) is 32.5. The first-order chi connectivity index (χ1) is 22.5. The molecule has 0 bridgehead atoms. The van der Waals surface area contributed by atoms with Gasteiger partial charge in [-0.15, -0.1) is 0 Å². The number of allylic oxidation sites excluding steroid dienone is 2. The predicted octanol–water partition coefficient (Wildman–Crippen LogP) is 10.8. The molecule has 4 aromatic rings. The monoisotopic (exact) mass is 712 g/mol. The molecule has 0 unspecified atom stereocenters. The highest BCUT2D eigenvalue weighted by molar-refractivity contribution is 6.92. The molecule has 2 aliphatic rings. The van der Waals surface area contributed by atoms with Gasteiger partial charge in [0.05, 0.1) is 32.3 Å². The standard InChI is InChI=1S/C45H60Si4/c1-45(2,35-21-31-17-15-19-41(43(31)27-35)33-23-37(46(3,4)5)29-38(24-33)47(6,7)8)36-22-32-18-16-20-42(44(32)28-36)34-25-39(48(9,10)11)30-40(26-34)49(12,13)14/h15-20,23-30H,21-22H2,1-14H3. The summed E-state index contributed by atoms with van der Waals surface area (Å²) in [6.45, 7) is 34.8. The third-order valence-corrected chi connectivity index (χ3v) is 19.4. The van der Waals surface area contributed by atoms with Gasteiger partial charge in [0.1, 0.15) is 0 Å². The number of hydrogen-bond donors (Lipinski definition) is 0.